The van der Waals surface area contributed by atoms with Crippen molar-refractivity contribution in [3.05, 3.63) is 92.6 Å². The Kier molecular flexibility index (Phi) is 7.27. The van der Waals surface area contributed by atoms with Gasteiger partial charge in [0.05, 0.1) is 23.6 Å². The predicted molar refractivity (Wildman–Crippen MR) is 135 cm³/mol. The monoisotopic (exact) mass is 522 g/mol. The molecule has 4 unspecified atom stereocenters. The fraction of sp³-hybridized carbons (Fsp3) is 0.259. The summed E-state index contributed by atoms with van der Waals surface area (Å²) >= 11 is 7.53. The lowest BCUT2D eigenvalue weighted by atomic mass is 9.74. The molecule has 4 rings (SSSR count). The summed E-state index contributed by atoms with van der Waals surface area (Å²) < 4.78 is 5.10. The molecular weight excluding hydrogens is 500 g/mol. The molecule has 1 saturated heterocycles. The predicted octanol–water partition coefficient (Wildman–Crippen LogP) is 4.93. The number of amides is 1. The summed E-state index contributed by atoms with van der Waals surface area (Å²) in [7, 11) is 1.36. The van der Waals surface area contributed by atoms with Gasteiger partial charge in [0, 0.05) is 28.5 Å². The highest BCUT2D eigenvalue weighted by Gasteiger charge is 2.65. The van der Waals surface area contributed by atoms with E-state index in [1.54, 1.807) is 60.7 Å². The number of nitrogens with zero attached hydrogens (tertiary/aromatic N) is 2. The number of likely N-dealkylation sites (tertiary alicyclic amines) is 1. The van der Waals surface area contributed by atoms with Crippen molar-refractivity contribution in [3.8, 4) is 6.07 Å². The van der Waals surface area contributed by atoms with E-state index in [2.05, 4.69) is 6.07 Å². The number of nitriles is 1. The van der Waals surface area contributed by atoms with Gasteiger partial charge in [-0.3, -0.25) is 9.59 Å². The number of benzene rings is 2. The second-order valence-electron chi connectivity index (χ2n) is 8.72. The maximum atomic E-state index is 14.2. The van der Waals surface area contributed by atoms with Crippen molar-refractivity contribution < 1.29 is 24.2 Å². The summed E-state index contributed by atoms with van der Waals surface area (Å²) in [6.45, 7) is 1.13. The third-order valence-corrected chi connectivity index (χ3v) is 7.89. The third-order valence-electron chi connectivity index (χ3n) is 6.70. The number of ether oxygens (including phenoxy) is 1. The van der Waals surface area contributed by atoms with Crippen molar-refractivity contribution in [3.63, 3.8) is 0 Å². The molecular formula is C27H23ClN2O5S. The number of halogens is 1. The molecule has 9 heteroatoms. The molecule has 184 valence electrons. The number of methoxy groups -OCH3 is 1. The van der Waals surface area contributed by atoms with Crippen LogP contribution in [0.3, 0.4) is 0 Å². The minimum atomic E-state index is -1.77. The zero-order valence-corrected chi connectivity index (χ0v) is 21.1. The lowest BCUT2D eigenvalue weighted by Gasteiger charge is -2.37. The molecule has 1 N–H and O–H groups in total. The molecule has 1 fully saturated rings. The molecule has 0 saturated carbocycles. The Bertz CT molecular complexity index is 1330. The number of carboxylic acid groups (broad SMARTS) is 1. The summed E-state index contributed by atoms with van der Waals surface area (Å²) in [6, 6.07) is 17.7. The number of ketones is 1. The van der Waals surface area contributed by atoms with Crippen LogP contribution in [0.2, 0.25) is 5.02 Å². The number of carbonyl (C=O) groups is 3. The van der Waals surface area contributed by atoms with Gasteiger partial charge < -0.3 is 14.7 Å². The van der Waals surface area contributed by atoms with Crippen LogP contribution in [0.15, 0.2) is 66.0 Å². The van der Waals surface area contributed by atoms with Gasteiger partial charge in [-0.05, 0) is 48.2 Å². The fourth-order valence-electron chi connectivity index (χ4n) is 5.14. The number of carboxylic acids is 1. The lowest BCUT2D eigenvalue weighted by Crippen LogP contribution is -2.55. The number of hydrogen-bond donors (Lipinski definition) is 1. The first-order chi connectivity index (χ1) is 17.2. The third kappa shape index (κ3) is 4.30. The average Bonchev–Trinajstić information content (AvgIpc) is 3.48. The Morgan fingerprint density at radius 2 is 1.89 bits per heavy atom. The average molecular weight is 523 g/mol. The molecule has 4 atom stereocenters. The first-order valence-electron chi connectivity index (χ1n) is 11.1. The number of rotatable bonds is 7. The normalized spacial score (nSPS) is 23.3. The summed E-state index contributed by atoms with van der Waals surface area (Å²) in [4.78, 5) is 42.6. The van der Waals surface area contributed by atoms with Gasteiger partial charge in [-0.2, -0.15) is 5.26 Å². The Morgan fingerprint density at radius 3 is 2.44 bits per heavy atom. The van der Waals surface area contributed by atoms with Crippen LogP contribution in [0.4, 0.5) is 0 Å². The van der Waals surface area contributed by atoms with Crippen molar-refractivity contribution in [1.82, 2.24) is 4.90 Å². The molecule has 1 aliphatic heterocycles. The first kappa shape index (κ1) is 25.6. The quantitative estimate of drug-likeness (QED) is 0.441. The van der Waals surface area contributed by atoms with Gasteiger partial charge >= 0.3 is 5.97 Å². The lowest BCUT2D eigenvalue weighted by molar-refractivity contribution is -0.159. The van der Waals surface area contributed by atoms with Gasteiger partial charge in [0.2, 0.25) is 5.91 Å². The van der Waals surface area contributed by atoms with Crippen LogP contribution in [0.5, 0.6) is 0 Å². The number of thiophene rings is 1. The highest BCUT2D eigenvalue weighted by atomic mass is 35.5. The van der Waals surface area contributed by atoms with Crippen LogP contribution in [0.25, 0.3) is 0 Å². The Balaban J connectivity index is 2.02. The van der Waals surface area contributed by atoms with Gasteiger partial charge in [0.1, 0.15) is 12.1 Å². The van der Waals surface area contributed by atoms with Gasteiger partial charge in [-0.15, -0.1) is 11.3 Å². The van der Waals surface area contributed by atoms with Crippen molar-refractivity contribution in [2.75, 3.05) is 13.7 Å². The topological polar surface area (TPSA) is 108 Å². The van der Waals surface area contributed by atoms with E-state index in [0.717, 1.165) is 0 Å². The first-order valence-corrected chi connectivity index (χ1v) is 12.4. The minimum Gasteiger partial charge on any atom is -0.479 e. The van der Waals surface area contributed by atoms with Crippen LogP contribution in [-0.4, -0.2) is 46.9 Å². The second-order valence-corrected chi connectivity index (χ2v) is 10.1. The molecule has 0 bridgehead atoms. The van der Waals surface area contributed by atoms with E-state index >= 15 is 0 Å². The van der Waals surface area contributed by atoms with Crippen LogP contribution in [0.1, 0.15) is 45.2 Å². The van der Waals surface area contributed by atoms with E-state index in [-0.39, 0.29) is 12.4 Å². The molecule has 1 aromatic heterocycles. The van der Waals surface area contributed by atoms with Crippen LogP contribution < -0.4 is 0 Å². The molecule has 1 amide bonds. The molecule has 3 aromatic rings. The smallest absolute Gasteiger partial charge is 0.330 e. The summed E-state index contributed by atoms with van der Waals surface area (Å²) in [5.74, 6) is -3.92. The molecule has 36 heavy (non-hydrogen) atoms. The molecule has 0 aliphatic carbocycles. The van der Waals surface area contributed by atoms with E-state index in [1.165, 1.54) is 30.3 Å². The summed E-state index contributed by atoms with van der Waals surface area (Å²) in [6.07, 6.45) is 0. The number of Topliss-reactive ketones (excluding diaryl/α,β-unsaturated/α-hetero) is 1. The van der Waals surface area contributed by atoms with E-state index in [0.29, 0.717) is 26.6 Å². The highest BCUT2D eigenvalue weighted by Crippen LogP contribution is 2.57. The van der Waals surface area contributed by atoms with Gasteiger partial charge in [-0.1, -0.05) is 41.9 Å². The minimum absolute atomic E-state index is 0.321. The molecule has 2 aromatic carbocycles. The number of aliphatic carboxylic acids is 1. The summed E-state index contributed by atoms with van der Waals surface area (Å²) in [5, 5.41) is 22.0. The Labute approximate surface area is 217 Å². The fourth-order valence-corrected chi connectivity index (χ4v) is 6.32. The standard InChI is InChI=1S/C27H23ClN2O5S/c1-27(26(33)34)23(20-7-4-12-36-20)22(25(32)18-5-3-6-19(28)13-18)24(30(27)21(31)15-35-2)17-10-8-16(14-29)9-11-17/h3-13,22-24H,15H2,1-2H3,(H,33,34). The summed E-state index contributed by atoms with van der Waals surface area (Å²) in [5.41, 5.74) is -0.496. The van der Waals surface area contributed by atoms with Gasteiger partial charge in [-0.25, -0.2) is 4.79 Å². The molecule has 0 spiro atoms. The van der Waals surface area contributed by atoms with Crippen LogP contribution in [0, 0.1) is 17.2 Å². The Morgan fingerprint density at radius 1 is 1.17 bits per heavy atom. The molecule has 2 heterocycles. The SMILES string of the molecule is COCC(=O)N1C(c2ccc(C#N)cc2)C(C(=O)c2cccc(Cl)c2)C(c2cccs2)C1(C)C(=O)O. The van der Waals surface area contributed by atoms with Gasteiger partial charge in [0.15, 0.2) is 5.78 Å². The van der Waals surface area contributed by atoms with E-state index < -0.39 is 35.3 Å². The van der Waals surface area contributed by atoms with Gasteiger partial charge in [0.25, 0.3) is 0 Å². The van der Waals surface area contributed by atoms with Crippen LogP contribution >= 0.6 is 22.9 Å². The maximum absolute atomic E-state index is 14.2. The van der Waals surface area contributed by atoms with Crippen molar-refractivity contribution >= 4 is 40.6 Å². The largest absolute Gasteiger partial charge is 0.479 e. The van der Waals surface area contributed by atoms with E-state index in [4.69, 9.17) is 16.3 Å². The van der Waals surface area contributed by atoms with E-state index in [9.17, 15) is 24.8 Å². The maximum Gasteiger partial charge on any atom is 0.330 e. The zero-order valence-electron chi connectivity index (χ0n) is 19.6. The van der Waals surface area contributed by atoms with Crippen LogP contribution in [-0.2, 0) is 14.3 Å². The number of hydrogen-bond acceptors (Lipinski definition) is 6. The number of carbonyl (C=O) groups excluding carboxylic acids is 2. The van der Waals surface area contributed by atoms with Crippen molar-refractivity contribution in [2.24, 2.45) is 5.92 Å². The molecule has 7 nitrogen and oxygen atoms in total. The molecule has 0 radical (unpaired) electrons. The van der Waals surface area contributed by atoms with Crippen molar-refractivity contribution in [2.45, 2.75) is 24.4 Å². The van der Waals surface area contributed by atoms with E-state index in [1.807, 2.05) is 5.38 Å². The highest BCUT2D eigenvalue weighted by molar-refractivity contribution is 7.10. The second kappa shape index (κ2) is 10.2. The zero-order chi connectivity index (χ0) is 26.0. The van der Waals surface area contributed by atoms with Crippen molar-refractivity contribution in [1.29, 1.82) is 5.26 Å². The Hall–Kier alpha value is -3.51. The molecule has 1 aliphatic rings.